The lowest BCUT2D eigenvalue weighted by atomic mass is 10.1. The monoisotopic (exact) mass is 496 g/mol. The quantitative estimate of drug-likeness (QED) is 0.310. The van der Waals surface area contributed by atoms with Gasteiger partial charge in [0, 0.05) is 23.2 Å². The van der Waals surface area contributed by atoms with Crippen LogP contribution in [0.5, 0.6) is 5.88 Å². The number of benzene rings is 1. The number of fused-ring (bicyclic) bond motifs is 1. The Hall–Kier alpha value is -4.36. The predicted octanol–water partition coefficient (Wildman–Crippen LogP) is 4.62. The normalized spacial score (nSPS) is 12.0. The van der Waals surface area contributed by atoms with Gasteiger partial charge in [-0.25, -0.2) is 9.67 Å². The molecule has 4 aromatic rings. The third kappa shape index (κ3) is 4.67. The van der Waals surface area contributed by atoms with Crippen molar-refractivity contribution in [2.24, 2.45) is 0 Å². The van der Waals surface area contributed by atoms with E-state index in [1.165, 1.54) is 31.5 Å². The molecule has 0 radical (unpaired) electrons. The van der Waals surface area contributed by atoms with E-state index in [1.54, 1.807) is 6.07 Å². The van der Waals surface area contributed by atoms with Crippen molar-refractivity contribution in [1.82, 2.24) is 25.2 Å². The van der Waals surface area contributed by atoms with Gasteiger partial charge in [-0.2, -0.15) is 31.4 Å². The highest BCUT2D eigenvalue weighted by Crippen LogP contribution is 2.36. The second-order valence-corrected chi connectivity index (χ2v) is 7.02. The molecule has 3 aromatic heterocycles. The Kier molecular flexibility index (Phi) is 5.96. The van der Waals surface area contributed by atoms with Crippen LogP contribution in [-0.2, 0) is 12.4 Å². The third-order valence-electron chi connectivity index (χ3n) is 4.82. The van der Waals surface area contributed by atoms with E-state index in [9.17, 15) is 31.1 Å². The summed E-state index contributed by atoms with van der Waals surface area (Å²) in [6.07, 6.45) is -6.86. The van der Waals surface area contributed by atoms with Gasteiger partial charge in [0.2, 0.25) is 5.88 Å². The van der Waals surface area contributed by atoms with Crippen LogP contribution < -0.4 is 15.6 Å². The molecule has 0 saturated carbocycles. The molecule has 0 spiro atoms. The van der Waals surface area contributed by atoms with Crippen LogP contribution in [0.4, 0.5) is 32.0 Å². The molecule has 0 atom stereocenters. The fourth-order valence-electron chi connectivity index (χ4n) is 3.34. The molecule has 1 amide bonds. The van der Waals surface area contributed by atoms with Crippen molar-refractivity contribution in [3.63, 3.8) is 0 Å². The zero-order chi connectivity index (χ0) is 25.4. The Morgan fingerprint density at radius 2 is 1.71 bits per heavy atom. The number of carbonyl (C=O) groups excluding carboxylic acids is 1. The van der Waals surface area contributed by atoms with Crippen LogP contribution in [0.2, 0.25) is 0 Å². The average Bonchev–Trinajstić information content (AvgIpc) is 3.27. The number of nitrogens with zero attached hydrogens (tertiary/aromatic N) is 4. The predicted molar refractivity (Wildman–Crippen MR) is 111 cm³/mol. The first-order valence-electron chi connectivity index (χ1n) is 9.67. The lowest BCUT2D eigenvalue weighted by molar-refractivity contribution is -0.143. The van der Waals surface area contributed by atoms with E-state index >= 15 is 0 Å². The Balaban J connectivity index is 1.71. The number of alkyl halides is 6. The highest BCUT2D eigenvalue weighted by molar-refractivity contribution is 5.97. The number of methoxy groups -OCH3 is 1. The number of pyridine rings is 2. The van der Waals surface area contributed by atoms with E-state index < -0.39 is 35.2 Å². The molecule has 0 saturated heterocycles. The van der Waals surface area contributed by atoms with E-state index in [0.29, 0.717) is 27.7 Å². The van der Waals surface area contributed by atoms with Crippen molar-refractivity contribution in [3.8, 4) is 11.6 Å². The van der Waals surface area contributed by atoms with Gasteiger partial charge in [-0.3, -0.25) is 20.6 Å². The van der Waals surface area contributed by atoms with Gasteiger partial charge >= 0.3 is 12.4 Å². The molecular weight excluding hydrogens is 482 g/mol. The maximum Gasteiger partial charge on any atom is 0.434 e. The zero-order valence-electron chi connectivity index (χ0n) is 17.6. The summed E-state index contributed by atoms with van der Waals surface area (Å²) in [6.45, 7) is 0. The summed E-state index contributed by atoms with van der Waals surface area (Å²) >= 11 is 0. The topological polar surface area (TPSA) is 94.0 Å². The molecule has 0 aliphatic heterocycles. The summed E-state index contributed by atoms with van der Waals surface area (Å²) in [7, 11) is 1.36. The van der Waals surface area contributed by atoms with E-state index in [-0.39, 0.29) is 17.3 Å². The van der Waals surface area contributed by atoms with E-state index in [2.05, 4.69) is 20.5 Å². The SMILES string of the molecule is COc1nccc2c(-n3ncc(C(=O)NNc4ccnc(C(F)(F)F)c4)c3C(F)(F)F)cccc12. The maximum absolute atomic E-state index is 14.0. The lowest BCUT2D eigenvalue weighted by Crippen LogP contribution is -2.31. The Morgan fingerprint density at radius 1 is 0.971 bits per heavy atom. The molecule has 4 rings (SSSR count). The molecule has 14 heteroatoms. The minimum Gasteiger partial charge on any atom is -0.481 e. The van der Waals surface area contributed by atoms with E-state index in [4.69, 9.17) is 4.74 Å². The smallest absolute Gasteiger partial charge is 0.434 e. The van der Waals surface area contributed by atoms with Crippen LogP contribution in [0.3, 0.4) is 0 Å². The Morgan fingerprint density at radius 3 is 2.40 bits per heavy atom. The van der Waals surface area contributed by atoms with Crippen molar-refractivity contribution in [3.05, 3.63) is 71.9 Å². The van der Waals surface area contributed by atoms with Crippen LogP contribution in [0, 0.1) is 0 Å². The van der Waals surface area contributed by atoms with Crippen molar-refractivity contribution >= 4 is 22.4 Å². The summed E-state index contributed by atoms with van der Waals surface area (Å²) in [5.74, 6) is -1.09. The molecule has 1 aromatic carbocycles. The number of ether oxygens (including phenoxy) is 1. The van der Waals surface area contributed by atoms with Crippen molar-refractivity contribution in [1.29, 1.82) is 0 Å². The van der Waals surface area contributed by atoms with Gasteiger partial charge in [-0.05, 0) is 30.3 Å². The Labute approximate surface area is 192 Å². The van der Waals surface area contributed by atoms with Crippen molar-refractivity contribution < 1.29 is 35.9 Å². The number of nitrogens with one attached hydrogen (secondary N) is 2. The molecule has 0 unspecified atom stereocenters. The molecule has 182 valence electrons. The molecular formula is C21H14F6N6O2. The van der Waals surface area contributed by atoms with Gasteiger partial charge in [0.15, 0.2) is 5.69 Å². The van der Waals surface area contributed by atoms with Crippen LogP contribution in [0.15, 0.2) is 55.0 Å². The average molecular weight is 496 g/mol. The number of hydrazine groups is 1. The van der Waals surface area contributed by atoms with Gasteiger partial charge in [-0.15, -0.1) is 0 Å². The van der Waals surface area contributed by atoms with Crippen molar-refractivity contribution in [2.75, 3.05) is 12.5 Å². The first kappa shape index (κ1) is 23.8. The minimum atomic E-state index is -5.01. The molecule has 35 heavy (non-hydrogen) atoms. The largest absolute Gasteiger partial charge is 0.481 e. The minimum absolute atomic E-state index is 0.00601. The molecule has 3 heterocycles. The number of carbonyl (C=O) groups is 1. The second-order valence-electron chi connectivity index (χ2n) is 7.02. The fraction of sp³-hybridized carbons (Fsp3) is 0.143. The van der Waals surface area contributed by atoms with Gasteiger partial charge in [0.1, 0.15) is 5.69 Å². The summed E-state index contributed by atoms with van der Waals surface area (Å²) < 4.78 is 86.3. The van der Waals surface area contributed by atoms with Gasteiger partial charge in [0.05, 0.1) is 30.2 Å². The first-order valence-corrected chi connectivity index (χ1v) is 9.67. The number of hydrogen-bond donors (Lipinski definition) is 2. The molecule has 0 fully saturated rings. The van der Waals surface area contributed by atoms with Crippen LogP contribution in [-0.4, -0.2) is 32.8 Å². The zero-order valence-corrected chi connectivity index (χ0v) is 17.6. The van der Waals surface area contributed by atoms with Gasteiger partial charge in [0.25, 0.3) is 5.91 Å². The summed E-state index contributed by atoms with van der Waals surface area (Å²) in [4.78, 5) is 19.8. The first-order chi connectivity index (χ1) is 16.5. The lowest BCUT2D eigenvalue weighted by Gasteiger charge is -2.15. The maximum atomic E-state index is 14.0. The van der Waals surface area contributed by atoms with E-state index in [0.717, 1.165) is 12.3 Å². The molecule has 0 aliphatic rings. The molecule has 0 bridgehead atoms. The number of rotatable bonds is 5. The van der Waals surface area contributed by atoms with Crippen LogP contribution >= 0.6 is 0 Å². The van der Waals surface area contributed by atoms with Gasteiger partial charge < -0.3 is 4.74 Å². The van der Waals surface area contributed by atoms with Crippen LogP contribution in [0.25, 0.3) is 16.5 Å². The summed E-state index contributed by atoms with van der Waals surface area (Å²) in [5.41, 5.74) is 0.398. The Bertz CT molecular complexity index is 1400. The van der Waals surface area contributed by atoms with E-state index in [1.807, 2.05) is 5.43 Å². The van der Waals surface area contributed by atoms with Crippen LogP contribution in [0.1, 0.15) is 21.7 Å². The second kappa shape index (κ2) is 8.77. The van der Waals surface area contributed by atoms with Crippen molar-refractivity contribution in [2.45, 2.75) is 12.4 Å². The molecule has 2 N–H and O–H groups in total. The number of aromatic nitrogens is 4. The molecule has 8 nitrogen and oxygen atoms in total. The fourth-order valence-corrected chi connectivity index (χ4v) is 3.34. The number of halogens is 6. The molecule has 0 aliphatic carbocycles. The highest BCUT2D eigenvalue weighted by Gasteiger charge is 2.41. The summed E-state index contributed by atoms with van der Waals surface area (Å²) in [5, 5.41) is 4.52. The number of amides is 1. The van der Waals surface area contributed by atoms with Gasteiger partial charge in [-0.1, -0.05) is 6.07 Å². The number of hydrogen-bond acceptors (Lipinski definition) is 6. The third-order valence-corrected chi connectivity index (χ3v) is 4.82. The number of anilines is 1. The standard InChI is InChI=1S/C21H14F6N6O2/c1-35-19-13-3-2-4-15(12(13)6-8-29-19)33-17(21(25,26)27)14(10-30-33)18(34)32-31-11-5-7-28-16(9-11)20(22,23)24/h2-10H,1H3,(H,28,31)(H,32,34). The summed E-state index contributed by atoms with van der Waals surface area (Å²) in [6, 6.07) is 7.61. The highest BCUT2D eigenvalue weighted by atomic mass is 19.4.